The van der Waals surface area contributed by atoms with Crippen molar-refractivity contribution in [3.8, 4) is 22.4 Å². The van der Waals surface area contributed by atoms with Crippen molar-refractivity contribution in [1.29, 1.82) is 0 Å². The molecule has 0 bridgehead atoms. The molecular weight excluding hydrogens is 550 g/mol. The van der Waals surface area contributed by atoms with Crippen LogP contribution in [0, 0.1) is 5.92 Å². The maximum atomic E-state index is 5.24. The molecule has 1 heterocycles. The molecule has 3 atom stereocenters. The minimum Gasteiger partial charge on any atom is -0.247 e. The van der Waals surface area contributed by atoms with Crippen LogP contribution in [0.25, 0.3) is 44.1 Å². The summed E-state index contributed by atoms with van der Waals surface area (Å²) in [5.41, 5.74) is 11.4. The molecule has 0 radical (unpaired) electrons. The van der Waals surface area contributed by atoms with Gasteiger partial charge in [-0.2, -0.15) is 0 Å². The van der Waals surface area contributed by atoms with Crippen LogP contribution in [0.3, 0.4) is 0 Å². The van der Waals surface area contributed by atoms with Crippen molar-refractivity contribution in [2.75, 3.05) is 0 Å². The van der Waals surface area contributed by atoms with E-state index in [1.807, 2.05) is 0 Å². The minimum absolute atomic E-state index is 0.231. The highest BCUT2D eigenvalue weighted by Crippen LogP contribution is 2.66. The Labute approximate surface area is 241 Å². The smallest absolute Gasteiger partial charge is 0.0788 e. The molecule has 0 amide bonds. The van der Waals surface area contributed by atoms with Gasteiger partial charge in [0.25, 0.3) is 0 Å². The first-order valence-electron chi connectivity index (χ1n) is 13.9. The van der Waals surface area contributed by atoms with Crippen molar-refractivity contribution in [1.82, 2.24) is 4.98 Å². The zero-order chi connectivity index (χ0) is 26.4. The number of hydrogen-bond donors (Lipinski definition) is 0. The zero-order valence-electron chi connectivity index (χ0n) is 21.7. The second-order valence-corrected chi connectivity index (χ2v) is 12.1. The number of halogens is 1. The average molecular weight is 575 g/mol. The third-order valence-electron chi connectivity index (χ3n) is 9.41. The molecule has 1 spiro atoms. The van der Waals surface area contributed by atoms with Gasteiger partial charge >= 0.3 is 0 Å². The summed E-state index contributed by atoms with van der Waals surface area (Å²) in [6.07, 6.45) is 9.34. The molecule has 0 aliphatic heterocycles. The topological polar surface area (TPSA) is 12.9 Å². The van der Waals surface area contributed by atoms with E-state index in [9.17, 15) is 0 Å². The van der Waals surface area contributed by atoms with Gasteiger partial charge in [-0.05, 0) is 51.6 Å². The summed E-state index contributed by atoms with van der Waals surface area (Å²) >= 11 is 3.61. The minimum atomic E-state index is -0.231. The van der Waals surface area contributed by atoms with Crippen LogP contribution in [-0.2, 0) is 5.41 Å². The van der Waals surface area contributed by atoms with E-state index in [1.165, 1.54) is 49.5 Å². The van der Waals surface area contributed by atoms with E-state index < -0.39 is 0 Å². The van der Waals surface area contributed by atoms with Gasteiger partial charge in [0.2, 0.25) is 0 Å². The maximum absolute atomic E-state index is 5.24. The number of allylic oxidation sites excluding steroid dienone is 4. The first-order valence-corrected chi connectivity index (χ1v) is 14.7. The maximum Gasteiger partial charge on any atom is 0.0788 e. The highest BCUT2D eigenvalue weighted by atomic mass is 79.9. The molecule has 0 N–H and O–H groups in total. The molecular formula is C38H24BrN. The quantitative estimate of drug-likeness (QED) is 0.178. The molecule has 1 nitrogen and oxygen atoms in total. The molecule has 9 rings (SSSR count). The lowest BCUT2D eigenvalue weighted by Gasteiger charge is -2.36. The monoisotopic (exact) mass is 573 g/mol. The lowest BCUT2D eigenvalue weighted by atomic mass is 9.65. The second kappa shape index (κ2) is 8.13. The fourth-order valence-corrected chi connectivity index (χ4v) is 8.23. The van der Waals surface area contributed by atoms with E-state index >= 15 is 0 Å². The van der Waals surface area contributed by atoms with Gasteiger partial charge in [-0.15, -0.1) is 0 Å². The largest absolute Gasteiger partial charge is 0.247 e. The van der Waals surface area contributed by atoms with E-state index in [0.29, 0.717) is 11.8 Å². The Morgan fingerprint density at radius 3 is 2.27 bits per heavy atom. The second-order valence-electron chi connectivity index (χ2n) is 11.2. The summed E-state index contributed by atoms with van der Waals surface area (Å²) in [5.74, 6) is 0.692. The number of nitrogens with zero attached hydrogens (tertiary/aromatic N) is 1. The van der Waals surface area contributed by atoms with Crippen LogP contribution >= 0.6 is 15.9 Å². The van der Waals surface area contributed by atoms with Crippen LogP contribution < -0.4 is 0 Å². The highest BCUT2D eigenvalue weighted by molar-refractivity contribution is 9.10. The van der Waals surface area contributed by atoms with Crippen molar-refractivity contribution in [2.24, 2.45) is 5.92 Å². The summed E-state index contributed by atoms with van der Waals surface area (Å²) in [6.45, 7) is 0. The fraction of sp³-hybridized carbons (Fsp3) is 0.0789. The molecule has 188 valence electrons. The Hall–Kier alpha value is -4.27. The number of aromatic nitrogens is 1. The number of para-hydroxylation sites is 1. The molecule has 2 heteroatoms. The third-order valence-corrected chi connectivity index (χ3v) is 9.94. The fourth-order valence-electron chi connectivity index (χ4n) is 7.96. The van der Waals surface area contributed by atoms with E-state index in [1.54, 1.807) is 0 Å². The van der Waals surface area contributed by atoms with Crippen LogP contribution in [-0.4, -0.2) is 4.98 Å². The van der Waals surface area contributed by atoms with Gasteiger partial charge < -0.3 is 0 Å². The van der Waals surface area contributed by atoms with Crippen LogP contribution in [0.4, 0.5) is 0 Å². The summed E-state index contributed by atoms with van der Waals surface area (Å²) in [5, 5.41) is 3.72. The number of benzene rings is 5. The molecule has 40 heavy (non-hydrogen) atoms. The highest BCUT2D eigenvalue weighted by Gasteiger charge is 2.57. The van der Waals surface area contributed by atoms with E-state index in [-0.39, 0.29) is 5.41 Å². The summed E-state index contributed by atoms with van der Waals surface area (Å²) in [6, 6.07) is 40.3. The SMILES string of the molecule is Brc1ccc(-c2nc3ccccc3c3c4c(ccc23)C2(c3ccccc3-4)c3ccccc3C3C=CC=CC32)cc1. The van der Waals surface area contributed by atoms with Gasteiger partial charge in [-0.1, -0.05) is 131 Å². The van der Waals surface area contributed by atoms with Gasteiger partial charge in [0.1, 0.15) is 0 Å². The van der Waals surface area contributed by atoms with Gasteiger partial charge in [-0.25, -0.2) is 4.98 Å². The molecule has 3 unspecified atom stereocenters. The predicted octanol–water partition coefficient (Wildman–Crippen LogP) is 9.97. The lowest BCUT2D eigenvalue weighted by Crippen LogP contribution is -2.32. The molecule has 0 fully saturated rings. The number of rotatable bonds is 1. The standard InChI is InChI=1S/C38H24BrN/c39-24-19-17-23(18-20-24)37-29-21-22-33-36(35(29)28-12-4-8-16-34(28)40-37)27-11-3-7-15-32(27)38(33)30-13-5-1-9-25(30)26-10-2-6-14-31(26)38/h1-22,25,30H. The molecule has 5 aromatic carbocycles. The Balaban J connectivity index is 1.47. The number of hydrogen-bond acceptors (Lipinski definition) is 1. The average Bonchev–Trinajstić information content (AvgIpc) is 3.48. The van der Waals surface area contributed by atoms with E-state index in [0.717, 1.165) is 21.2 Å². The molecule has 0 saturated carbocycles. The molecule has 0 saturated heterocycles. The Bertz CT molecular complexity index is 2080. The van der Waals surface area contributed by atoms with Gasteiger partial charge in [-0.3, -0.25) is 0 Å². The lowest BCUT2D eigenvalue weighted by molar-refractivity contribution is 0.466. The zero-order valence-corrected chi connectivity index (χ0v) is 23.3. The van der Waals surface area contributed by atoms with Crippen LogP contribution in [0.2, 0.25) is 0 Å². The summed E-state index contributed by atoms with van der Waals surface area (Å²) in [7, 11) is 0. The van der Waals surface area contributed by atoms with Crippen LogP contribution in [0.15, 0.2) is 138 Å². The number of fused-ring (bicyclic) bond motifs is 14. The molecule has 3 aliphatic rings. The van der Waals surface area contributed by atoms with Crippen LogP contribution in [0.1, 0.15) is 28.2 Å². The first-order chi connectivity index (χ1) is 19.8. The first kappa shape index (κ1) is 22.5. The predicted molar refractivity (Wildman–Crippen MR) is 169 cm³/mol. The van der Waals surface area contributed by atoms with E-state index in [4.69, 9.17) is 4.98 Å². The summed E-state index contributed by atoms with van der Waals surface area (Å²) in [4.78, 5) is 5.24. The van der Waals surface area contributed by atoms with Crippen molar-refractivity contribution in [2.45, 2.75) is 11.3 Å². The van der Waals surface area contributed by atoms with Gasteiger partial charge in [0.05, 0.1) is 16.6 Å². The van der Waals surface area contributed by atoms with Crippen LogP contribution in [0.5, 0.6) is 0 Å². The normalized spacial score (nSPS) is 21.5. The van der Waals surface area contributed by atoms with Crippen molar-refractivity contribution >= 4 is 37.6 Å². The molecule has 1 aromatic heterocycles. The van der Waals surface area contributed by atoms with Crippen molar-refractivity contribution < 1.29 is 0 Å². The van der Waals surface area contributed by atoms with Crippen molar-refractivity contribution in [3.63, 3.8) is 0 Å². The van der Waals surface area contributed by atoms with Crippen molar-refractivity contribution in [3.05, 3.63) is 160 Å². The Morgan fingerprint density at radius 1 is 0.625 bits per heavy atom. The molecule has 3 aliphatic carbocycles. The van der Waals surface area contributed by atoms with Gasteiger partial charge in [0.15, 0.2) is 0 Å². The number of pyridine rings is 1. The Kier molecular flexibility index (Phi) is 4.58. The van der Waals surface area contributed by atoms with Gasteiger partial charge in [0, 0.05) is 38.0 Å². The summed E-state index contributed by atoms with van der Waals surface area (Å²) < 4.78 is 1.07. The third kappa shape index (κ3) is 2.75. The Morgan fingerprint density at radius 2 is 1.38 bits per heavy atom. The molecule has 6 aromatic rings. The van der Waals surface area contributed by atoms with E-state index in [2.05, 4.69) is 149 Å².